The van der Waals surface area contributed by atoms with Crippen LogP contribution in [0.1, 0.15) is 25.3 Å². The first-order valence-electron chi connectivity index (χ1n) is 11.7. The molecule has 0 bridgehead atoms. The van der Waals surface area contributed by atoms with Gasteiger partial charge in [0.05, 0.1) is 13.7 Å². The number of anilines is 1. The van der Waals surface area contributed by atoms with E-state index in [1.165, 1.54) is 11.6 Å². The number of esters is 1. The second kappa shape index (κ2) is 10.7. The number of hydrogen-bond donors (Lipinski definition) is 1. The number of nitrogens with two attached hydrogens (primary N) is 1. The summed E-state index contributed by atoms with van der Waals surface area (Å²) in [5.41, 5.74) is 6.05. The van der Waals surface area contributed by atoms with Gasteiger partial charge >= 0.3 is 11.7 Å². The van der Waals surface area contributed by atoms with Gasteiger partial charge in [0.15, 0.2) is 11.2 Å². The lowest BCUT2D eigenvalue weighted by atomic mass is 10.1. The first-order valence-corrected chi connectivity index (χ1v) is 11.7. The van der Waals surface area contributed by atoms with Crippen molar-refractivity contribution in [3.05, 3.63) is 50.7 Å². The fourth-order valence-corrected chi connectivity index (χ4v) is 4.34. The summed E-state index contributed by atoms with van der Waals surface area (Å²) in [4.78, 5) is 45.8. The van der Waals surface area contributed by atoms with Crippen LogP contribution in [-0.4, -0.2) is 50.9 Å². The zero-order chi connectivity index (χ0) is 25.8. The number of carbonyl (C=O) groups is 1. The van der Waals surface area contributed by atoms with Crippen LogP contribution in [0, 0.1) is 11.8 Å². The summed E-state index contributed by atoms with van der Waals surface area (Å²) in [6, 6.07) is 7.08. The maximum Gasteiger partial charge on any atom is 0.333 e. The molecule has 1 aliphatic heterocycles. The van der Waals surface area contributed by atoms with Gasteiger partial charge in [-0.15, -0.1) is 5.92 Å². The molecule has 2 N–H and O–H groups in total. The van der Waals surface area contributed by atoms with E-state index in [2.05, 4.69) is 16.8 Å². The Morgan fingerprint density at radius 2 is 2.08 bits per heavy atom. The zero-order valence-corrected chi connectivity index (χ0v) is 20.7. The van der Waals surface area contributed by atoms with E-state index in [-0.39, 0.29) is 30.4 Å². The summed E-state index contributed by atoms with van der Waals surface area (Å²) in [5.74, 6) is 6.28. The van der Waals surface area contributed by atoms with E-state index >= 15 is 0 Å². The lowest BCUT2D eigenvalue weighted by molar-refractivity contribution is -0.145. The Morgan fingerprint density at radius 1 is 1.28 bits per heavy atom. The number of ether oxygens (including phenoxy) is 2. The van der Waals surface area contributed by atoms with Crippen molar-refractivity contribution in [1.82, 2.24) is 18.7 Å². The number of nitrogens with zero attached hydrogens (tertiary/aromatic N) is 5. The third-order valence-corrected chi connectivity index (χ3v) is 6.19. The molecule has 1 saturated heterocycles. The third kappa shape index (κ3) is 4.99. The minimum absolute atomic E-state index is 0.0101. The molecule has 11 heteroatoms. The molecule has 1 atom stereocenters. The standard InChI is InChI=1S/C25H30N6O5/c1-4-5-12-30-21-22(27-24(30)29-11-7-9-18(26)14-29)28(2)25(34)31(23(21)33)15-20(32)36-16-17-8-6-10-19(13-17)35-3/h6,8,10,13,18H,7,9,11-12,14-16,26H2,1-3H3. The highest BCUT2D eigenvalue weighted by Crippen LogP contribution is 2.22. The van der Waals surface area contributed by atoms with E-state index in [0.29, 0.717) is 18.2 Å². The van der Waals surface area contributed by atoms with Crippen LogP contribution >= 0.6 is 0 Å². The number of aromatic nitrogens is 4. The fraction of sp³-hybridized carbons (Fsp3) is 0.440. The van der Waals surface area contributed by atoms with Crippen molar-refractivity contribution in [3.8, 4) is 17.6 Å². The van der Waals surface area contributed by atoms with E-state index in [0.717, 1.165) is 29.5 Å². The third-order valence-electron chi connectivity index (χ3n) is 6.19. The van der Waals surface area contributed by atoms with Gasteiger partial charge in [-0.2, -0.15) is 4.98 Å². The summed E-state index contributed by atoms with van der Waals surface area (Å²) in [5, 5.41) is 0. The van der Waals surface area contributed by atoms with Gasteiger partial charge in [0, 0.05) is 26.2 Å². The number of aryl methyl sites for hydroxylation is 1. The van der Waals surface area contributed by atoms with Crippen molar-refractivity contribution in [2.24, 2.45) is 12.8 Å². The van der Waals surface area contributed by atoms with Crippen LogP contribution in [0.5, 0.6) is 5.75 Å². The Balaban J connectivity index is 1.69. The monoisotopic (exact) mass is 494 g/mol. The summed E-state index contributed by atoms with van der Waals surface area (Å²) >= 11 is 0. The van der Waals surface area contributed by atoms with E-state index < -0.39 is 23.8 Å². The Labute approximate surface area is 208 Å². The number of imidazole rings is 1. The van der Waals surface area contributed by atoms with Gasteiger partial charge < -0.3 is 20.1 Å². The Morgan fingerprint density at radius 3 is 2.81 bits per heavy atom. The highest BCUT2D eigenvalue weighted by Gasteiger charge is 2.26. The van der Waals surface area contributed by atoms with E-state index in [1.807, 2.05) is 4.90 Å². The quantitative estimate of drug-likeness (QED) is 0.374. The van der Waals surface area contributed by atoms with Crippen LogP contribution in [0.2, 0.25) is 0 Å². The number of fused-ring (bicyclic) bond motifs is 1. The number of piperidine rings is 1. The Hall–Kier alpha value is -4.04. The van der Waals surface area contributed by atoms with Crippen LogP contribution < -0.4 is 26.6 Å². The molecule has 36 heavy (non-hydrogen) atoms. The normalized spacial score (nSPS) is 15.4. The first-order chi connectivity index (χ1) is 17.3. The number of benzene rings is 1. The Kier molecular flexibility index (Phi) is 7.45. The highest BCUT2D eigenvalue weighted by molar-refractivity contribution is 5.76. The molecule has 190 valence electrons. The van der Waals surface area contributed by atoms with Crippen molar-refractivity contribution in [2.45, 2.75) is 45.5 Å². The predicted molar refractivity (Wildman–Crippen MR) is 135 cm³/mol. The molecule has 4 rings (SSSR count). The van der Waals surface area contributed by atoms with Gasteiger partial charge in [0.1, 0.15) is 18.9 Å². The van der Waals surface area contributed by atoms with Gasteiger partial charge in [-0.05, 0) is 37.5 Å². The van der Waals surface area contributed by atoms with E-state index in [9.17, 15) is 14.4 Å². The molecule has 11 nitrogen and oxygen atoms in total. The average Bonchev–Trinajstić information content (AvgIpc) is 3.27. The van der Waals surface area contributed by atoms with Gasteiger partial charge in [0.25, 0.3) is 5.56 Å². The molecule has 0 radical (unpaired) electrons. The van der Waals surface area contributed by atoms with E-state index in [4.69, 9.17) is 15.2 Å². The lowest BCUT2D eigenvalue weighted by Gasteiger charge is -2.31. The minimum Gasteiger partial charge on any atom is -0.497 e. The topological polar surface area (TPSA) is 127 Å². The molecule has 1 fully saturated rings. The zero-order valence-electron chi connectivity index (χ0n) is 20.7. The molecule has 0 aliphatic carbocycles. The average molecular weight is 495 g/mol. The van der Waals surface area contributed by atoms with Crippen molar-refractivity contribution >= 4 is 23.1 Å². The smallest absolute Gasteiger partial charge is 0.333 e. The number of hydrogen-bond acceptors (Lipinski definition) is 8. The molecule has 0 saturated carbocycles. The second-order valence-corrected chi connectivity index (χ2v) is 8.69. The SMILES string of the molecule is CC#CCn1c(N2CCCC(N)C2)nc2c1c(=O)n(CC(=O)OCc1cccc(OC)c1)c(=O)n2C. The van der Waals surface area contributed by atoms with Crippen LogP contribution in [-0.2, 0) is 36.3 Å². The van der Waals surface area contributed by atoms with Gasteiger partial charge in [-0.3, -0.25) is 18.7 Å². The highest BCUT2D eigenvalue weighted by atomic mass is 16.5. The van der Waals surface area contributed by atoms with Crippen LogP contribution in [0.15, 0.2) is 33.9 Å². The van der Waals surface area contributed by atoms with Crippen molar-refractivity contribution in [1.29, 1.82) is 0 Å². The fourth-order valence-electron chi connectivity index (χ4n) is 4.34. The Bertz CT molecular complexity index is 1460. The number of rotatable bonds is 7. The molecule has 1 unspecified atom stereocenters. The predicted octanol–water partition coefficient (Wildman–Crippen LogP) is 0.600. The summed E-state index contributed by atoms with van der Waals surface area (Å²) in [6.07, 6.45) is 1.81. The molecule has 2 aromatic heterocycles. The lowest BCUT2D eigenvalue weighted by Crippen LogP contribution is -2.44. The minimum atomic E-state index is -0.710. The van der Waals surface area contributed by atoms with Crippen LogP contribution in [0.3, 0.4) is 0 Å². The van der Waals surface area contributed by atoms with Crippen molar-refractivity contribution < 1.29 is 14.3 Å². The number of carbonyl (C=O) groups excluding carboxylic acids is 1. The number of methoxy groups -OCH3 is 1. The van der Waals surface area contributed by atoms with Gasteiger partial charge in [-0.1, -0.05) is 18.1 Å². The summed E-state index contributed by atoms with van der Waals surface area (Å²) in [7, 11) is 3.07. The van der Waals surface area contributed by atoms with E-state index in [1.54, 1.807) is 42.9 Å². The van der Waals surface area contributed by atoms with Gasteiger partial charge in [-0.25, -0.2) is 9.36 Å². The maximum atomic E-state index is 13.5. The maximum absolute atomic E-state index is 13.5. The van der Waals surface area contributed by atoms with Crippen molar-refractivity contribution in [2.75, 3.05) is 25.1 Å². The summed E-state index contributed by atoms with van der Waals surface area (Å²) in [6.45, 7) is 2.69. The molecule has 3 aromatic rings. The molecule has 3 heterocycles. The molecule has 0 amide bonds. The molecule has 0 spiro atoms. The molecule has 1 aromatic carbocycles. The van der Waals surface area contributed by atoms with Gasteiger partial charge in [0.2, 0.25) is 5.95 Å². The molecular weight excluding hydrogens is 464 g/mol. The summed E-state index contributed by atoms with van der Waals surface area (Å²) < 4.78 is 14.4. The second-order valence-electron chi connectivity index (χ2n) is 8.69. The first kappa shape index (κ1) is 25.1. The van der Waals surface area contributed by atoms with Crippen molar-refractivity contribution in [3.63, 3.8) is 0 Å². The van der Waals surface area contributed by atoms with Crippen LogP contribution in [0.4, 0.5) is 5.95 Å². The van der Waals surface area contributed by atoms with Crippen LogP contribution in [0.25, 0.3) is 11.2 Å². The largest absolute Gasteiger partial charge is 0.497 e. The molecular formula is C25H30N6O5. The molecule has 1 aliphatic rings.